The first-order valence-corrected chi connectivity index (χ1v) is 9.25. The van der Waals surface area contributed by atoms with Gasteiger partial charge in [-0.25, -0.2) is 9.07 Å². The summed E-state index contributed by atoms with van der Waals surface area (Å²) in [5.74, 6) is -0.751. The Bertz CT molecular complexity index is 960. The molecule has 144 valence electrons. The van der Waals surface area contributed by atoms with Crippen LogP contribution in [0, 0.1) is 11.7 Å². The Morgan fingerprint density at radius 3 is 2.93 bits per heavy atom. The van der Waals surface area contributed by atoms with E-state index in [1.165, 1.54) is 10.7 Å². The minimum Gasteiger partial charge on any atom is -0.373 e. The highest BCUT2D eigenvalue weighted by Crippen LogP contribution is 2.35. The molecule has 28 heavy (non-hydrogen) atoms. The summed E-state index contributed by atoms with van der Waals surface area (Å²) >= 11 is 0. The van der Waals surface area contributed by atoms with Crippen LogP contribution in [-0.2, 0) is 9.53 Å². The number of carbonyl (C=O) groups is 1. The molecule has 1 aliphatic heterocycles. The maximum Gasteiger partial charge on any atom is 0.226 e. The summed E-state index contributed by atoms with van der Waals surface area (Å²) in [7, 11) is 0. The van der Waals surface area contributed by atoms with Crippen LogP contribution < -0.4 is 5.32 Å². The van der Waals surface area contributed by atoms with E-state index in [9.17, 15) is 9.18 Å². The zero-order valence-electron chi connectivity index (χ0n) is 15.5. The van der Waals surface area contributed by atoms with Crippen LogP contribution in [0.25, 0.3) is 5.69 Å². The number of nitrogens with zero attached hydrogens (tertiary/aromatic N) is 3. The van der Waals surface area contributed by atoms with Crippen LogP contribution in [0.4, 0.5) is 4.39 Å². The monoisotopic (exact) mass is 380 g/mol. The van der Waals surface area contributed by atoms with Crippen molar-refractivity contribution < 1.29 is 13.9 Å². The second kappa shape index (κ2) is 7.90. The third-order valence-electron chi connectivity index (χ3n) is 5.00. The van der Waals surface area contributed by atoms with Gasteiger partial charge in [-0.3, -0.25) is 9.78 Å². The number of ether oxygens (including phenoxy) is 1. The van der Waals surface area contributed by atoms with Gasteiger partial charge in [0.25, 0.3) is 0 Å². The summed E-state index contributed by atoms with van der Waals surface area (Å²) in [6.45, 7) is 2.42. The van der Waals surface area contributed by atoms with Crippen molar-refractivity contribution in [2.24, 2.45) is 5.92 Å². The molecule has 1 saturated heterocycles. The second-order valence-corrected chi connectivity index (χ2v) is 6.87. The first-order chi connectivity index (χ1) is 13.6. The number of pyridine rings is 1. The van der Waals surface area contributed by atoms with Gasteiger partial charge in [0.05, 0.1) is 24.3 Å². The Labute approximate surface area is 162 Å². The Hall–Kier alpha value is -3.06. The van der Waals surface area contributed by atoms with E-state index in [-0.39, 0.29) is 23.7 Å². The molecule has 1 aromatic carbocycles. The lowest BCUT2D eigenvalue weighted by Gasteiger charge is -2.20. The van der Waals surface area contributed by atoms with E-state index in [4.69, 9.17) is 4.74 Å². The van der Waals surface area contributed by atoms with Crippen molar-refractivity contribution in [3.05, 3.63) is 78.1 Å². The number of benzene rings is 1. The number of rotatable bonds is 5. The number of nitrogens with one attached hydrogen (secondary N) is 1. The maximum atomic E-state index is 14.0. The zero-order chi connectivity index (χ0) is 19.5. The van der Waals surface area contributed by atoms with Crippen molar-refractivity contribution in [3.8, 4) is 5.69 Å². The number of carbonyl (C=O) groups excluding carboxylic acids is 1. The molecule has 6 nitrogen and oxygen atoms in total. The van der Waals surface area contributed by atoms with Crippen LogP contribution in [0.3, 0.4) is 0 Å². The van der Waals surface area contributed by atoms with Gasteiger partial charge >= 0.3 is 0 Å². The number of aromatic nitrogens is 3. The largest absolute Gasteiger partial charge is 0.373 e. The van der Waals surface area contributed by atoms with E-state index in [1.807, 2.05) is 19.1 Å². The first-order valence-electron chi connectivity index (χ1n) is 9.25. The van der Waals surface area contributed by atoms with E-state index in [0.29, 0.717) is 18.7 Å². The number of para-hydroxylation sites is 1. The van der Waals surface area contributed by atoms with Crippen molar-refractivity contribution in [1.29, 1.82) is 0 Å². The highest BCUT2D eigenvalue weighted by molar-refractivity contribution is 5.80. The Morgan fingerprint density at radius 1 is 1.29 bits per heavy atom. The fourth-order valence-corrected chi connectivity index (χ4v) is 3.48. The van der Waals surface area contributed by atoms with Crippen LogP contribution in [0.5, 0.6) is 0 Å². The maximum absolute atomic E-state index is 14.0. The second-order valence-electron chi connectivity index (χ2n) is 6.87. The Balaban J connectivity index is 1.49. The molecule has 0 bridgehead atoms. The molecule has 0 saturated carbocycles. The predicted octanol–water partition coefficient (Wildman–Crippen LogP) is 3.36. The summed E-state index contributed by atoms with van der Waals surface area (Å²) in [4.78, 5) is 16.9. The minimum absolute atomic E-state index is 0.0718. The van der Waals surface area contributed by atoms with E-state index < -0.39 is 6.10 Å². The van der Waals surface area contributed by atoms with E-state index in [0.717, 1.165) is 11.1 Å². The molecule has 1 amide bonds. The van der Waals surface area contributed by atoms with Gasteiger partial charge in [0, 0.05) is 30.8 Å². The summed E-state index contributed by atoms with van der Waals surface area (Å²) in [5.41, 5.74) is 2.06. The number of amides is 1. The van der Waals surface area contributed by atoms with Crippen molar-refractivity contribution in [2.45, 2.75) is 25.5 Å². The molecule has 0 radical (unpaired) electrons. The zero-order valence-corrected chi connectivity index (χ0v) is 15.5. The van der Waals surface area contributed by atoms with Gasteiger partial charge in [-0.1, -0.05) is 18.2 Å². The molecule has 0 spiro atoms. The molecule has 1 fully saturated rings. The fourth-order valence-electron chi connectivity index (χ4n) is 3.48. The molecule has 3 heterocycles. The Kier molecular flexibility index (Phi) is 5.16. The third-order valence-corrected chi connectivity index (χ3v) is 5.00. The van der Waals surface area contributed by atoms with Crippen LogP contribution >= 0.6 is 0 Å². The highest BCUT2D eigenvalue weighted by atomic mass is 19.1. The molecule has 3 atom stereocenters. The number of hydrogen-bond donors (Lipinski definition) is 1. The highest BCUT2D eigenvalue weighted by Gasteiger charge is 2.36. The van der Waals surface area contributed by atoms with Crippen LogP contribution in [0.1, 0.15) is 36.6 Å². The molecule has 1 aliphatic rings. The molecular formula is C21H21FN4O2. The average molecular weight is 380 g/mol. The lowest BCUT2D eigenvalue weighted by molar-refractivity contribution is -0.127. The third kappa shape index (κ3) is 3.66. The van der Waals surface area contributed by atoms with Crippen LogP contribution in [0.15, 0.2) is 61.2 Å². The van der Waals surface area contributed by atoms with Gasteiger partial charge in [-0.15, -0.1) is 0 Å². The van der Waals surface area contributed by atoms with E-state index >= 15 is 0 Å². The Morgan fingerprint density at radius 2 is 2.14 bits per heavy atom. The number of halogens is 1. The lowest BCUT2D eigenvalue weighted by Crippen LogP contribution is -2.34. The average Bonchev–Trinajstić information content (AvgIpc) is 3.38. The van der Waals surface area contributed by atoms with E-state index in [1.54, 1.807) is 43.0 Å². The van der Waals surface area contributed by atoms with Crippen LogP contribution in [-0.4, -0.2) is 27.3 Å². The van der Waals surface area contributed by atoms with Gasteiger partial charge < -0.3 is 10.1 Å². The predicted molar refractivity (Wildman–Crippen MR) is 101 cm³/mol. The van der Waals surface area contributed by atoms with Crippen molar-refractivity contribution >= 4 is 5.91 Å². The first kappa shape index (κ1) is 18.3. The molecular weight excluding hydrogens is 359 g/mol. The number of hydrogen-bond acceptors (Lipinski definition) is 4. The van der Waals surface area contributed by atoms with Crippen molar-refractivity contribution in [2.75, 3.05) is 6.61 Å². The van der Waals surface area contributed by atoms with Gasteiger partial charge in [-0.2, -0.15) is 5.10 Å². The topological polar surface area (TPSA) is 69.0 Å². The SMILES string of the molecule is CC(NC(=O)[C@H]1CCO[C@@H]1c1cnn(-c2ccccc2F)c1)c1cccnc1. The van der Waals surface area contributed by atoms with Gasteiger partial charge in [0.2, 0.25) is 5.91 Å². The standard InChI is InChI=1S/C21H21FN4O2/c1-14(15-5-4-9-23-11-15)25-21(27)17-8-10-28-20(17)16-12-24-26(13-16)19-7-3-2-6-18(19)22/h2-7,9,11-14,17,20H,8,10H2,1H3,(H,25,27)/t14?,17-,20+/m0/s1. The fraction of sp³-hybridized carbons (Fsp3) is 0.286. The smallest absolute Gasteiger partial charge is 0.226 e. The van der Waals surface area contributed by atoms with E-state index in [2.05, 4.69) is 15.4 Å². The lowest BCUT2D eigenvalue weighted by atomic mass is 9.96. The molecule has 1 N–H and O–H groups in total. The van der Waals surface area contributed by atoms with Crippen molar-refractivity contribution in [1.82, 2.24) is 20.1 Å². The van der Waals surface area contributed by atoms with Crippen LogP contribution in [0.2, 0.25) is 0 Å². The summed E-state index contributed by atoms with van der Waals surface area (Å²) in [6.07, 6.45) is 7.02. The minimum atomic E-state index is -0.401. The summed E-state index contributed by atoms with van der Waals surface area (Å²) in [6, 6.07) is 10.0. The molecule has 2 aromatic heterocycles. The van der Waals surface area contributed by atoms with Gasteiger partial charge in [-0.05, 0) is 37.1 Å². The summed E-state index contributed by atoms with van der Waals surface area (Å²) < 4.78 is 21.3. The quantitative estimate of drug-likeness (QED) is 0.737. The molecule has 1 unspecified atom stereocenters. The molecule has 4 rings (SSSR count). The van der Waals surface area contributed by atoms with Gasteiger partial charge in [0.15, 0.2) is 0 Å². The molecule has 7 heteroatoms. The molecule has 0 aliphatic carbocycles. The van der Waals surface area contributed by atoms with Gasteiger partial charge in [0.1, 0.15) is 11.5 Å². The molecule has 3 aromatic rings. The van der Waals surface area contributed by atoms with Crippen molar-refractivity contribution in [3.63, 3.8) is 0 Å². The normalized spacial score (nSPS) is 20.1. The summed E-state index contributed by atoms with van der Waals surface area (Å²) in [5, 5.41) is 7.29.